The normalized spacial score (nSPS) is 30.2. The molecule has 4 rings (SSSR count). The van der Waals surface area contributed by atoms with Gasteiger partial charge in [0, 0.05) is 37.5 Å². The standard InChI is InChI=1S/C19H30N4O2/c1-19(2,3)18-20-16(21-25-18)12-22-6-8-23(9-7-22)17(24)15-11-13-4-5-14(15)10-13/h13-15H,4-12H2,1-3H3. The average molecular weight is 346 g/mol. The number of hydrogen-bond donors (Lipinski definition) is 0. The molecule has 2 heterocycles. The Labute approximate surface area is 149 Å². The van der Waals surface area contributed by atoms with E-state index in [9.17, 15) is 4.79 Å². The molecule has 1 saturated heterocycles. The van der Waals surface area contributed by atoms with Crippen molar-refractivity contribution in [1.82, 2.24) is 19.9 Å². The van der Waals surface area contributed by atoms with Crippen LogP contribution in [0.3, 0.4) is 0 Å². The molecule has 0 N–H and O–H groups in total. The topological polar surface area (TPSA) is 62.5 Å². The number of aromatic nitrogens is 2. The van der Waals surface area contributed by atoms with Gasteiger partial charge < -0.3 is 9.42 Å². The molecule has 1 aromatic heterocycles. The van der Waals surface area contributed by atoms with E-state index in [1.165, 1.54) is 19.3 Å². The van der Waals surface area contributed by atoms with E-state index in [0.717, 1.165) is 44.3 Å². The first kappa shape index (κ1) is 17.0. The smallest absolute Gasteiger partial charge is 0.232 e. The molecule has 0 radical (unpaired) electrons. The minimum Gasteiger partial charge on any atom is -0.340 e. The molecule has 3 unspecified atom stereocenters. The van der Waals surface area contributed by atoms with E-state index < -0.39 is 0 Å². The van der Waals surface area contributed by atoms with E-state index >= 15 is 0 Å². The van der Waals surface area contributed by atoms with Crippen LogP contribution in [0.4, 0.5) is 0 Å². The molecule has 3 aliphatic rings. The summed E-state index contributed by atoms with van der Waals surface area (Å²) in [7, 11) is 0. The molecule has 6 heteroatoms. The third-order valence-corrected chi connectivity index (χ3v) is 6.21. The molecule has 6 nitrogen and oxygen atoms in total. The van der Waals surface area contributed by atoms with E-state index in [1.807, 2.05) is 0 Å². The van der Waals surface area contributed by atoms with Crippen LogP contribution in [0.1, 0.15) is 58.2 Å². The lowest BCUT2D eigenvalue weighted by atomic mass is 9.87. The molecule has 3 atom stereocenters. The van der Waals surface area contributed by atoms with Crippen LogP contribution in [0.2, 0.25) is 0 Å². The van der Waals surface area contributed by atoms with Gasteiger partial charge in [0.05, 0.1) is 6.54 Å². The summed E-state index contributed by atoms with van der Waals surface area (Å²) < 4.78 is 5.37. The number of carbonyl (C=O) groups is 1. The molecule has 1 aliphatic heterocycles. The second-order valence-electron chi connectivity index (χ2n) is 9.15. The summed E-state index contributed by atoms with van der Waals surface area (Å²) in [5.74, 6) is 3.67. The lowest BCUT2D eigenvalue weighted by molar-refractivity contribution is -0.139. The predicted molar refractivity (Wildman–Crippen MR) is 93.8 cm³/mol. The van der Waals surface area contributed by atoms with Crippen molar-refractivity contribution in [3.8, 4) is 0 Å². The average Bonchev–Trinajstić information content (AvgIpc) is 3.30. The van der Waals surface area contributed by atoms with Crippen LogP contribution in [-0.4, -0.2) is 52.0 Å². The summed E-state index contributed by atoms with van der Waals surface area (Å²) in [5, 5.41) is 4.11. The molecule has 2 saturated carbocycles. The van der Waals surface area contributed by atoms with Crippen molar-refractivity contribution in [2.45, 2.75) is 58.4 Å². The lowest BCUT2D eigenvalue weighted by Crippen LogP contribution is -2.50. The maximum Gasteiger partial charge on any atom is 0.232 e. The maximum atomic E-state index is 12.8. The SMILES string of the molecule is CC(C)(C)c1nc(CN2CCN(C(=O)C3CC4CCC3C4)CC2)no1. The highest BCUT2D eigenvalue weighted by Gasteiger charge is 2.44. The van der Waals surface area contributed by atoms with Gasteiger partial charge in [-0.3, -0.25) is 9.69 Å². The van der Waals surface area contributed by atoms with Gasteiger partial charge in [0.2, 0.25) is 11.8 Å². The molecule has 25 heavy (non-hydrogen) atoms. The van der Waals surface area contributed by atoms with Crippen LogP contribution in [0.25, 0.3) is 0 Å². The monoisotopic (exact) mass is 346 g/mol. The first-order valence-corrected chi connectivity index (χ1v) is 9.74. The molecular formula is C19H30N4O2. The van der Waals surface area contributed by atoms with E-state index in [0.29, 0.717) is 30.2 Å². The van der Waals surface area contributed by atoms with E-state index in [4.69, 9.17) is 4.52 Å². The molecule has 1 amide bonds. The minimum atomic E-state index is -0.114. The van der Waals surface area contributed by atoms with Gasteiger partial charge in [0.25, 0.3) is 0 Å². The van der Waals surface area contributed by atoms with Crippen molar-refractivity contribution in [1.29, 1.82) is 0 Å². The molecule has 0 spiro atoms. The molecule has 2 bridgehead atoms. The van der Waals surface area contributed by atoms with Crippen LogP contribution in [0.15, 0.2) is 4.52 Å². The number of nitrogens with zero attached hydrogens (tertiary/aromatic N) is 4. The van der Waals surface area contributed by atoms with Crippen molar-refractivity contribution >= 4 is 5.91 Å². The number of rotatable bonds is 3. The summed E-state index contributed by atoms with van der Waals surface area (Å²) in [6, 6.07) is 0. The first-order valence-electron chi connectivity index (χ1n) is 9.74. The van der Waals surface area contributed by atoms with Crippen LogP contribution in [0, 0.1) is 17.8 Å². The summed E-state index contributed by atoms with van der Waals surface area (Å²) in [5.41, 5.74) is -0.114. The fourth-order valence-corrected chi connectivity index (χ4v) is 4.73. The Bertz CT molecular complexity index is 628. The second-order valence-corrected chi connectivity index (χ2v) is 9.15. The Morgan fingerprint density at radius 1 is 1.16 bits per heavy atom. The number of hydrogen-bond acceptors (Lipinski definition) is 5. The predicted octanol–water partition coefficient (Wildman–Crippen LogP) is 2.45. The Balaban J connectivity index is 1.28. The summed E-state index contributed by atoms with van der Waals surface area (Å²) in [6.07, 6.45) is 5.06. The van der Waals surface area contributed by atoms with Crippen LogP contribution < -0.4 is 0 Å². The van der Waals surface area contributed by atoms with Crippen molar-refractivity contribution < 1.29 is 9.32 Å². The highest BCUT2D eigenvalue weighted by Crippen LogP contribution is 2.48. The Hall–Kier alpha value is -1.43. The Morgan fingerprint density at radius 3 is 2.48 bits per heavy atom. The molecule has 138 valence electrons. The first-order chi connectivity index (χ1) is 11.9. The number of piperazine rings is 1. The quantitative estimate of drug-likeness (QED) is 0.841. The molecular weight excluding hydrogens is 316 g/mol. The number of carbonyl (C=O) groups excluding carboxylic acids is 1. The Morgan fingerprint density at radius 2 is 1.92 bits per heavy atom. The van der Waals surface area contributed by atoms with Gasteiger partial charge in [0.15, 0.2) is 5.82 Å². The summed E-state index contributed by atoms with van der Waals surface area (Å²) in [6.45, 7) is 10.4. The fourth-order valence-electron chi connectivity index (χ4n) is 4.73. The zero-order chi connectivity index (χ0) is 17.6. The van der Waals surface area contributed by atoms with Gasteiger partial charge in [0.1, 0.15) is 0 Å². The van der Waals surface area contributed by atoms with Gasteiger partial charge in [-0.25, -0.2) is 0 Å². The largest absolute Gasteiger partial charge is 0.340 e. The van der Waals surface area contributed by atoms with E-state index in [-0.39, 0.29) is 5.41 Å². The number of fused-ring (bicyclic) bond motifs is 2. The molecule has 2 aliphatic carbocycles. The molecule has 3 fully saturated rings. The summed E-state index contributed by atoms with van der Waals surface area (Å²) >= 11 is 0. The van der Waals surface area contributed by atoms with Crippen LogP contribution in [0.5, 0.6) is 0 Å². The molecule has 1 aromatic rings. The van der Waals surface area contributed by atoms with E-state index in [2.05, 4.69) is 40.7 Å². The van der Waals surface area contributed by atoms with Gasteiger partial charge in [-0.05, 0) is 31.1 Å². The maximum absolute atomic E-state index is 12.8. The van der Waals surface area contributed by atoms with Crippen molar-refractivity contribution in [3.05, 3.63) is 11.7 Å². The van der Waals surface area contributed by atoms with E-state index in [1.54, 1.807) is 0 Å². The third-order valence-electron chi connectivity index (χ3n) is 6.21. The van der Waals surface area contributed by atoms with Crippen molar-refractivity contribution in [2.24, 2.45) is 17.8 Å². The second kappa shape index (κ2) is 6.38. The highest BCUT2D eigenvalue weighted by atomic mass is 16.5. The minimum absolute atomic E-state index is 0.114. The van der Waals surface area contributed by atoms with Crippen molar-refractivity contribution in [2.75, 3.05) is 26.2 Å². The third kappa shape index (κ3) is 3.46. The lowest BCUT2D eigenvalue weighted by Gasteiger charge is -2.36. The number of amides is 1. The van der Waals surface area contributed by atoms with Gasteiger partial charge in [-0.2, -0.15) is 4.98 Å². The fraction of sp³-hybridized carbons (Fsp3) is 0.842. The zero-order valence-electron chi connectivity index (χ0n) is 15.7. The van der Waals surface area contributed by atoms with Gasteiger partial charge in [-0.15, -0.1) is 0 Å². The van der Waals surface area contributed by atoms with Gasteiger partial charge >= 0.3 is 0 Å². The van der Waals surface area contributed by atoms with Crippen LogP contribution in [-0.2, 0) is 16.8 Å². The zero-order valence-corrected chi connectivity index (χ0v) is 15.7. The van der Waals surface area contributed by atoms with Crippen molar-refractivity contribution in [3.63, 3.8) is 0 Å². The highest BCUT2D eigenvalue weighted by molar-refractivity contribution is 5.79. The Kier molecular flexibility index (Phi) is 4.34. The molecule has 0 aromatic carbocycles. The summed E-state index contributed by atoms with van der Waals surface area (Å²) in [4.78, 5) is 21.8. The van der Waals surface area contributed by atoms with Gasteiger partial charge in [-0.1, -0.05) is 32.3 Å². The van der Waals surface area contributed by atoms with Crippen LogP contribution >= 0.6 is 0 Å².